The molecule has 2 aromatic heterocycles. The lowest BCUT2D eigenvalue weighted by atomic mass is 9.49. The molecule has 2 aromatic carbocycles. The fraction of sp³-hybridized carbons (Fsp3) is 0.125. The van der Waals surface area contributed by atoms with E-state index in [0.29, 0.717) is 6.71 Å². The van der Waals surface area contributed by atoms with Gasteiger partial charge in [-0.2, -0.15) is 0 Å². The molecule has 0 aliphatic heterocycles. The highest BCUT2D eigenvalue weighted by Crippen LogP contribution is 2.34. The summed E-state index contributed by atoms with van der Waals surface area (Å²) in [5.74, 6) is 0. The van der Waals surface area contributed by atoms with E-state index in [1.54, 1.807) is 22.7 Å². The van der Waals surface area contributed by atoms with E-state index in [4.69, 9.17) is 9.97 Å². The van der Waals surface area contributed by atoms with Gasteiger partial charge in [-0.25, -0.2) is 9.97 Å². The second kappa shape index (κ2) is 4.93. The molecule has 0 N–H and O–H groups in total. The van der Waals surface area contributed by atoms with E-state index in [0.717, 1.165) is 21.0 Å². The predicted molar refractivity (Wildman–Crippen MR) is 95.4 cm³/mol. The molecule has 5 heteroatoms. The lowest BCUT2D eigenvalue weighted by molar-refractivity contribution is 1.42. The van der Waals surface area contributed by atoms with E-state index in [-0.39, 0.29) is 0 Å². The van der Waals surface area contributed by atoms with E-state index >= 15 is 0 Å². The van der Waals surface area contributed by atoms with Crippen LogP contribution in [0.5, 0.6) is 0 Å². The van der Waals surface area contributed by atoms with Gasteiger partial charge in [0.1, 0.15) is 0 Å². The molecule has 0 aliphatic rings. The first-order valence-corrected chi connectivity index (χ1v) is 8.60. The Balaban J connectivity index is 1.86. The third-order valence-electron chi connectivity index (χ3n) is 3.56. The summed E-state index contributed by atoms with van der Waals surface area (Å²) in [6, 6.07) is 14.8. The van der Waals surface area contributed by atoms with Crippen molar-refractivity contribution in [2.75, 3.05) is 0 Å². The van der Waals surface area contributed by atoms with Crippen LogP contribution in [0, 0.1) is 0 Å². The summed E-state index contributed by atoms with van der Waals surface area (Å²) in [5, 5.41) is 2.04. The number of nitrogens with zero attached hydrogens (tertiary/aromatic N) is 2. The number of para-hydroxylation sites is 1. The van der Waals surface area contributed by atoms with Crippen LogP contribution in [0.3, 0.4) is 0 Å². The maximum absolute atomic E-state index is 4.75. The first-order valence-electron chi connectivity index (χ1n) is 6.97. The number of rotatable bonds is 2. The number of aromatic nitrogens is 2. The van der Waals surface area contributed by atoms with Gasteiger partial charge in [-0.05, 0) is 24.3 Å². The van der Waals surface area contributed by atoms with Gasteiger partial charge in [-0.3, -0.25) is 0 Å². The zero-order valence-corrected chi connectivity index (χ0v) is 13.5. The molecule has 2 heterocycles. The smallest absolute Gasteiger partial charge is 0.169 e. The maximum atomic E-state index is 4.75. The molecule has 0 amide bonds. The van der Waals surface area contributed by atoms with E-state index in [1.807, 2.05) is 6.07 Å². The summed E-state index contributed by atoms with van der Waals surface area (Å²) in [6.45, 7) is 4.98. The largest absolute Gasteiger partial charge is 0.233 e. The third kappa shape index (κ3) is 2.26. The van der Waals surface area contributed by atoms with Crippen molar-refractivity contribution in [3.05, 3.63) is 42.5 Å². The van der Waals surface area contributed by atoms with Crippen LogP contribution in [0.15, 0.2) is 42.5 Å². The Morgan fingerprint density at radius 1 is 0.810 bits per heavy atom. The molecule has 0 saturated carbocycles. The summed E-state index contributed by atoms with van der Waals surface area (Å²) in [5.41, 5.74) is 3.49. The number of thiazole rings is 2. The number of hydrogen-bond donors (Lipinski definition) is 0. The Bertz CT molecular complexity index is 907. The van der Waals surface area contributed by atoms with Gasteiger partial charge in [0.25, 0.3) is 0 Å². The van der Waals surface area contributed by atoms with Crippen molar-refractivity contribution in [2.45, 2.75) is 13.6 Å². The highest BCUT2D eigenvalue weighted by Gasteiger charge is 2.12. The van der Waals surface area contributed by atoms with Crippen molar-refractivity contribution in [3.8, 4) is 10.0 Å². The van der Waals surface area contributed by atoms with Crippen LogP contribution < -0.4 is 5.46 Å². The van der Waals surface area contributed by atoms with Crippen molar-refractivity contribution < 1.29 is 0 Å². The molecular formula is C16H13BN2S2. The van der Waals surface area contributed by atoms with Gasteiger partial charge in [0, 0.05) is 0 Å². The first-order chi connectivity index (χ1) is 10.2. The van der Waals surface area contributed by atoms with Crippen LogP contribution in [0.1, 0.15) is 0 Å². The molecule has 0 spiro atoms. The molecule has 0 saturated heterocycles. The minimum absolute atomic E-state index is 0.544. The molecule has 0 aliphatic carbocycles. The second-order valence-electron chi connectivity index (χ2n) is 5.39. The Morgan fingerprint density at radius 2 is 1.48 bits per heavy atom. The normalized spacial score (nSPS) is 11.3. The zero-order valence-electron chi connectivity index (χ0n) is 11.8. The summed E-state index contributed by atoms with van der Waals surface area (Å²) < 4.78 is 2.46. The van der Waals surface area contributed by atoms with Crippen molar-refractivity contribution in [2.24, 2.45) is 0 Å². The van der Waals surface area contributed by atoms with Gasteiger partial charge < -0.3 is 0 Å². The molecular weight excluding hydrogens is 295 g/mol. The quantitative estimate of drug-likeness (QED) is 0.508. The Hall–Kier alpha value is -1.72. The Kier molecular flexibility index (Phi) is 3.05. The molecule has 2 nitrogen and oxygen atoms in total. The Labute approximate surface area is 131 Å². The van der Waals surface area contributed by atoms with Crippen molar-refractivity contribution in [1.82, 2.24) is 9.97 Å². The van der Waals surface area contributed by atoms with Crippen LogP contribution >= 0.6 is 22.7 Å². The molecule has 4 aromatic rings. The average Bonchev–Trinajstić information content (AvgIpc) is 3.09. The van der Waals surface area contributed by atoms with E-state index in [9.17, 15) is 0 Å². The predicted octanol–water partition coefficient (Wildman–Crippen LogP) is 4.53. The van der Waals surface area contributed by atoms with E-state index < -0.39 is 0 Å². The maximum Gasteiger partial charge on any atom is 0.169 e. The lowest BCUT2D eigenvalue weighted by Gasteiger charge is -2.00. The fourth-order valence-corrected chi connectivity index (χ4v) is 4.35. The topological polar surface area (TPSA) is 25.8 Å². The van der Waals surface area contributed by atoms with Crippen LogP contribution in [-0.2, 0) is 0 Å². The summed E-state index contributed by atoms with van der Waals surface area (Å²) in [4.78, 5) is 9.45. The van der Waals surface area contributed by atoms with Gasteiger partial charge >= 0.3 is 0 Å². The number of hydrogen-bond acceptors (Lipinski definition) is 4. The van der Waals surface area contributed by atoms with Crippen LogP contribution in [0.25, 0.3) is 30.4 Å². The van der Waals surface area contributed by atoms with Crippen LogP contribution in [0.2, 0.25) is 13.6 Å². The fourth-order valence-electron chi connectivity index (χ4n) is 2.36. The highest BCUT2D eigenvalue weighted by molar-refractivity contribution is 7.27. The van der Waals surface area contributed by atoms with Gasteiger partial charge in [0.05, 0.1) is 20.4 Å². The average molecular weight is 308 g/mol. The first kappa shape index (κ1) is 13.0. The standard InChI is InChI=1S/C16H13BN2S2/c1-17(2)10-7-8-12-14(9-10)21-16(19-12)15-18-11-5-3-4-6-13(11)20-15/h3-9H,1-2H3. The van der Waals surface area contributed by atoms with E-state index in [1.165, 1.54) is 14.9 Å². The van der Waals surface area contributed by atoms with Gasteiger partial charge in [0.15, 0.2) is 16.7 Å². The molecule has 0 fully saturated rings. The monoisotopic (exact) mass is 308 g/mol. The molecule has 4 rings (SSSR count). The Morgan fingerprint density at radius 3 is 2.19 bits per heavy atom. The lowest BCUT2D eigenvalue weighted by Crippen LogP contribution is -2.21. The molecule has 21 heavy (non-hydrogen) atoms. The van der Waals surface area contributed by atoms with Crippen molar-refractivity contribution in [3.63, 3.8) is 0 Å². The highest BCUT2D eigenvalue weighted by atomic mass is 32.1. The van der Waals surface area contributed by atoms with Crippen LogP contribution in [-0.4, -0.2) is 16.7 Å². The minimum Gasteiger partial charge on any atom is -0.233 e. The van der Waals surface area contributed by atoms with Crippen molar-refractivity contribution >= 4 is 55.3 Å². The number of fused-ring (bicyclic) bond motifs is 2. The van der Waals surface area contributed by atoms with Crippen molar-refractivity contribution in [1.29, 1.82) is 0 Å². The second-order valence-corrected chi connectivity index (χ2v) is 7.45. The third-order valence-corrected chi connectivity index (χ3v) is 5.75. The summed E-state index contributed by atoms with van der Waals surface area (Å²) in [7, 11) is 0. The minimum atomic E-state index is 0.544. The van der Waals surface area contributed by atoms with E-state index in [2.05, 4.69) is 50.0 Å². The molecule has 0 radical (unpaired) electrons. The van der Waals surface area contributed by atoms with Gasteiger partial charge in [-0.1, -0.05) is 37.3 Å². The number of benzene rings is 2. The summed E-state index contributed by atoms with van der Waals surface area (Å²) >= 11 is 3.45. The molecule has 102 valence electrons. The summed E-state index contributed by atoms with van der Waals surface area (Å²) in [6.07, 6.45) is 0. The zero-order chi connectivity index (χ0) is 14.4. The van der Waals surface area contributed by atoms with Crippen LogP contribution in [0.4, 0.5) is 0 Å². The molecule has 0 bridgehead atoms. The van der Waals surface area contributed by atoms with Gasteiger partial charge in [0.2, 0.25) is 0 Å². The molecule has 0 unspecified atom stereocenters. The SMILES string of the molecule is CB(C)c1ccc2nc(-c3nc4ccccc4s3)sc2c1. The molecule has 0 atom stereocenters. The van der Waals surface area contributed by atoms with Gasteiger partial charge in [-0.15, -0.1) is 22.7 Å².